The minimum Gasteiger partial charge on any atom is -0.493 e. The zero-order chi connectivity index (χ0) is 24.0. The van der Waals surface area contributed by atoms with Crippen LogP contribution in [0.25, 0.3) is 0 Å². The number of halogens is 1. The summed E-state index contributed by atoms with van der Waals surface area (Å²) < 4.78 is 8.08. The number of piperidine rings is 1. The zero-order valence-electron chi connectivity index (χ0n) is 19.9. The Morgan fingerprint density at radius 2 is 1.94 bits per heavy atom. The lowest BCUT2D eigenvalue weighted by molar-refractivity contribution is -0.142. The molecule has 8 nitrogen and oxygen atoms in total. The number of piperazine rings is 1. The Kier molecular flexibility index (Phi) is 8.11. The number of hydrogen-bond donors (Lipinski definition) is 0. The van der Waals surface area contributed by atoms with Gasteiger partial charge in [0.05, 0.1) is 12.9 Å². The number of aromatic nitrogens is 2. The fourth-order valence-electron chi connectivity index (χ4n) is 4.82. The van der Waals surface area contributed by atoms with Gasteiger partial charge >= 0.3 is 0 Å². The highest BCUT2D eigenvalue weighted by Crippen LogP contribution is 2.36. The van der Waals surface area contributed by atoms with E-state index in [0.29, 0.717) is 49.9 Å². The standard InChI is InChI=1S/C25H34ClN5O3/c1-28-12-14-30(15-13-28)24(33)17-25(19-34-22-5-2-4-21(26)16-22)7-3-9-31(18-25)23(32)6-10-29-11-8-27-20-29/h2,4-5,8,11,16,20H,3,6-7,9-10,12-15,17-19H2,1H3. The minimum absolute atomic E-state index is 0.104. The molecule has 2 aromatic rings. The number of hydrogen-bond acceptors (Lipinski definition) is 5. The minimum atomic E-state index is -0.425. The van der Waals surface area contributed by atoms with E-state index in [1.54, 1.807) is 18.6 Å². The van der Waals surface area contributed by atoms with E-state index in [-0.39, 0.29) is 11.8 Å². The fraction of sp³-hybridized carbons (Fsp3) is 0.560. The van der Waals surface area contributed by atoms with Crippen LogP contribution in [0.1, 0.15) is 25.7 Å². The summed E-state index contributed by atoms with van der Waals surface area (Å²) in [5.41, 5.74) is -0.425. The zero-order valence-corrected chi connectivity index (χ0v) is 20.6. The van der Waals surface area contributed by atoms with Gasteiger partial charge in [0.2, 0.25) is 11.8 Å². The molecule has 0 bridgehead atoms. The number of likely N-dealkylation sites (N-methyl/N-ethyl adjacent to an activating group) is 1. The number of carbonyl (C=O) groups is 2. The van der Waals surface area contributed by atoms with Crippen molar-refractivity contribution >= 4 is 23.4 Å². The summed E-state index contributed by atoms with van der Waals surface area (Å²) >= 11 is 6.14. The van der Waals surface area contributed by atoms with Crippen LogP contribution >= 0.6 is 11.6 Å². The Bertz CT molecular complexity index is 961. The number of ether oxygens (including phenoxy) is 1. The third-order valence-corrected chi connectivity index (χ3v) is 7.12. The first-order valence-electron chi connectivity index (χ1n) is 12.0. The van der Waals surface area contributed by atoms with Crippen molar-refractivity contribution in [3.63, 3.8) is 0 Å². The third kappa shape index (κ3) is 6.51. The van der Waals surface area contributed by atoms with Crippen LogP contribution in [-0.4, -0.2) is 89.0 Å². The van der Waals surface area contributed by atoms with Crippen molar-refractivity contribution in [2.24, 2.45) is 5.41 Å². The molecule has 2 amide bonds. The Hall–Kier alpha value is -2.58. The summed E-state index contributed by atoms with van der Waals surface area (Å²) in [5, 5.41) is 0.611. The third-order valence-electron chi connectivity index (χ3n) is 6.88. The highest BCUT2D eigenvalue weighted by atomic mass is 35.5. The first-order valence-corrected chi connectivity index (χ1v) is 12.4. The number of imidazole rings is 1. The molecule has 0 aliphatic carbocycles. The maximum Gasteiger partial charge on any atom is 0.224 e. The van der Waals surface area contributed by atoms with Crippen molar-refractivity contribution < 1.29 is 14.3 Å². The van der Waals surface area contributed by atoms with Gasteiger partial charge in [-0.2, -0.15) is 0 Å². The van der Waals surface area contributed by atoms with Gasteiger partial charge in [-0.3, -0.25) is 9.59 Å². The van der Waals surface area contributed by atoms with Crippen molar-refractivity contribution in [1.29, 1.82) is 0 Å². The average Bonchev–Trinajstić information content (AvgIpc) is 3.36. The lowest BCUT2D eigenvalue weighted by Crippen LogP contribution is -2.53. The molecular weight excluding hydrogens is 454 g/mol. The molecule has 3 heterocycles. The van der Waals surface area contributed by atoms with Gasteiger partial charge in [-0.05, 0) is 38.1 Å². The molecule has 2 aliphatic heterocycles. The molecule has 2 saturated heterocycles. The largest absolute Gasteiger partial charge is 0.493 e. The number of carbonyl (C=O) groups excluding carboxylic acids is 2. The summed E-state index contributed by atoms with van der Waals surface area (Å²) in [6.07, 6.45) is 7.79. The summed E-state index contributed by atoms with van der Waals surface area (Å²) in [6, 6.07) is 7.32. The van der Waals surface area contributed by atoms with Gasteiger partial charge < -0.3 is 24.0 Å². The van der Waals surface area contributed by atoms with Crippen molar-refractivity contribution in [2.45, 2.75) is 32.2 Å². The van der Waals surface area contributed by atoms with Gasteiger partial charge in [0, 0.05) is 81.5 Å². The van der Waals surface area contributed by atoms with E-state index < -0.39 is 5.41 Å². The monoisotopic (exact) mass is 487 g/mol. The van der Waals surface area contributed by atoms with Gasteiger partial charge in [0.25, 0.3) is 0 Å². The molecule has 1 unspecified atom stereocenters. The summed E-state index contributed by atoms with van der Waals surface area (Å²) in [7, 11) is 2.08. The summed E-state index contributed by atoms with van der Waals surface area (Å²) in [4.78, 5) is 36.5. The van der Waals surface area contributed by atoms with Crippen LogP contribution in [-0.2, 0) is 16.1 Å². The van der Waals surface area contributed by atoms with Crippen molar-refractivity contribution in [3.05, 3.63) is 48.0 Å². The summed E-state index contributed by atoms with van der Waals surface area (Å²) in [5.74, 6) is 0.936. The second kappa shape index (κ2) is 11.2. The van der Waals surface area contributed by atoms with Crippen molar-refractivity contribution in [1.82, 2.24) is 24.3 Å². The number of amides is 2. The number of benzene rings is 1. The van der Waals surface area contributed by atoms with Gasteiger partial charge in [-0.25, -0.2) is 4.98 Å². The van der Waals surface area contributed by atoms with Crippen LogP contribution in [0.4, 0.5) is 0 Å². The molecule has 0 radical (unpaired) electrons. The van der Waals surface area contributed by atoms with Crippen molar-refractivity contribution in [3.8, 4) is 5.75 Å². The molecule has 0 saturated carbocycles. The Morgan fingerprint density at radius 3 is 2.68 bits per heavy atom. The highest BCUT2D eigenvalue weighted by molar-refractivity contribution is 6.30. The highest BCUT2D eigenvalue weighted by Gasteiger charge is 2.41. The van der Waals surface area contributed by atoms with Gasteiger partial charge in [-0.1, -0.05) is 17.7 Å². The molecule has 9 heteroatoms. The van der Waals surface area contributed by atoms with Crippen LogP contribution in [0, 0.1) is 5.41 Å². The van der Waals surface area contributed by atoms with Crippen LogP contribution in [0.5, 0.6) is 5.75 Å². The maximum absolute atomic E-state index is 13.3. The molecule has 1 aromatic carbocycles. The van der Waals surface area contributed by atoms with E-state index >= 15 is 0 Å². The van der Waals surface area contributed by atoms with E-state index in [4.69, 9.17) is 16.3 Å². The first kappa shape index (κ1) is 24.5. The van der Waals surface area contributed by atoms with E-state index in [2.05, 4.69) is 16.9 Å². The Morgan fingerprint density at radius 1 is 1.12 bits per heavy atom. The molecule has 34 heavy (non-hydrogen) atoms. The van der Waals surface area contributed by atoms with E-state index in [9.17, 15) is 9.59 Å². The van der Waals surface area contributed by atoms with Crippen LogP contribution in [0.2, 0.25) is 5.02 Å². The number of aryl methyl sites for hydroxylation is 1. The number of rotatable bonds is 8. The predicted molar refractivity (Wildman–Crippen MR) is 131 cm³/mol. The molecule has 4 rings (SSSR count). The topological polar surface area (TPSA) is 70.9 Å². The fourth-order valence-corrected chi connectivity index (χ4v) is 5.00. The molecular formula is C25H34ClN5O3. The quantitative estimate of drug-likeness (QED) is 0.572. The van der Waals surface area contributed by atoms with Gasteiger partial charge in [-0.15, -0.1) is 0 Å². The molecule has 1 atom stereocenters. The predicted octanol–water partition coefficient (Wildman–Crippen LogP) is 2.78. The average molecular weight is 488 g/mol. The van der Waals surface area contributed by atoms with Gasteiger partial charge in [0.15, 0.2) is 0 Å². The molecule has 184 valence electrons. The van der Waals surface area contributed by atoms with Crippen LogP contribution in [0.3, 0.4) is 0 Å². The lowest BCUT2D eigenvalue weighted by Gasteiger charge is -2.43. The maximum atomic E-state index is 13.3. The molecule has 2 aliphatic rings. The number of nitrogens with zero attached hydrogens (tertiary/aromatic N) is 5. The van der Waals surface area contributed by atoms with Crippen molar-refractivity contribution in [2.75, 3.05) is 52.9 Å². The Labute approximate surface area is 206 Å². The van der Waals surface area contributed by atoms with E-state index in [1.165, 1.54) is 0 Å². The normalized spacial score (nSPS) is 21.5. The smallest absolute Gasteiger partial charge is 0.224 e. The van der Waals surface area contributed by atoms with Crippen LogP contribution < -0.4 is 4.74 Å². The van der Waals surface area contributed by atoms with E-state index in [0.717, 1.165) is 39.0 Å². The SMILES string of the molecule is CN1CCN(C(=O)CC2(COc3cccc(Cl)c3)CCCN(C(=O)CCn3ccnc3)C2)CC1. The summed E-state index contributed by atoms with van der Waals surface area (Å²) in [6.45, 7) is 5.47. The number of likely N-dealkylation sites (tertiary alicyclic amines) is 1. The van der Waals surface area contributed by atoms with E-state index in [1.807, 2.05) is 38.8 Å². The molecule has 0 N–H and O–H groups in total. The molecule has 0 spiro atoms. The Balaban J connectivity index is 1.45. The van der Waals surface area contributed by atoms with Gasteiger partial charge in [0.1, 0.15) is 5.75 Å². The van der Waals surface area contributed by atoms with Crippen LogP contribution in [0.15, 0.2) is 43.0 Å². The lowest BCUT2D eigenvalue weighted by atomic mass is 9.77. The second-order valence-corrected chi connectivity index (χ2v) is 10.0. The second-order valence-electron chi connectivity index (χ2n) is 9.58. The molecule has 1 aromatic heterocycles. The molecule has 2 fully saturated rings. The first-order chi connectivity index (χ1) is 16.4.